The number of nitrogens with two attached hydrogens (primary N) is 1. The lowest BCUT2D eigenvalue weighted by Crippen LogP contribution is -2.38. The largest absolute Gasteiger partial charge is 0.351 e. The highest BCUT2D eigenvalue weighted by molar-refractivity contribution is 5.93. The number of aromatic nitrogens is 1. The van der Waals surface area contributed by atoms with Gasteiger partial charge in [-0.3, -0.25) is 4.90 Å². The molecule has 0 spiro atoms. The number of pyridine rings is 1. The van der Waals surface area contributed by atoms with E-state index < -0.39 is 6.03 Å². The summed E-state index contributed by atoms with van der Waals surface area (Å²) in [6, 6.07) is 3.26. The van der Waals surface area contributed by atoms with Gasteiger partial charge >= 0.3 is 6.03 Å². The van der Waals surface area contributed by atoms with Crippen molar-refractivity contribution in [2.24, 2.45) is 5.73 Å². The first-order valence-corrected chi connectivity index (χ1v) is 3.97. The van der Waals surface area contributed by atoms with Crippen LogP contribution in [0.15, 0.2) is 24.4 Å². The van der Waals surface area contributed by atoms with Crippen molar-refractivity contribution in [3.8, 4) is 0 Å². The summed E-state index contributed by atoms with van der Waals surface area (Å²) in [6.45, 7) is 0.499. The predicted molar refractivity (Wildman–Crippen MR) is 50.2 cm³/mol. The highest BCUT2D eigenvalue weighted by atomic mass is 16.2. The molecule has 0 atom stereocenters. The number of rotatable bonds is 0. The van der Waals surface area contributed by atoms with E-state index in [1.165, 1.54) is 4.90 Å². The maximum absolute atomic E-state index is 11.0. The Hall–Kier alpha value is -1.84. The second-order valence-electron chi connectivity index (χ2n) is 2.77. The van der Waals surface area contributed by atoms with Crippen LogP contribution in [-0.2, 0) is 0 Å². The van der Waals surface area contributed by atoms with Crippen LogP contribution in [0.25, 0.3) is 6.08 Å². The van der Waals surface area contributed by atoms with Crippen molar-refractivity contribution in [3.63, 3.8) is 0 Å². The average molecular weight is 175 g/mol. The van der Waals surface area contributed by atoms with E-state index in [4.69, 9.17) is 5.73 Å². The van der Waals surface area contributed by atoms with Crippen LogP contribution in [-0.4, -0.2) is 17.6 Å². The minimum atomic E-state index is -0.468. The van der Waals surface area contributed by atoms with Gasteiger partial charge in [0.2, 0.25) is 0 Å². The summed E-state index contributed by atoms with van der Waals surface area (Å²) in [5.74, 6) is 0.637. The first-order valence-electron chi connectivity index (χ1n) is 3.97. The fourth-order valence-electron chi connectivity index (χ4n) is 1.33. The lowest BCUT2D eigenvalue weighted by atomic mass is 10.2. The molecule has 2 amide bonds. The van der Waals surface area contributed by atoms with Gasteiger partial charge in [0, 0.05) is 18.3 Å². The van der Waals surface area contributed by atoms with Crippen LogP contribution in [0, 0.1) is 0 Å². The van der Waals surface area contributed by atoms with Crippen LogP contribution >= 0.6 is 0 Å². The summed E-state index contributed by atoms with van der Waals surface area (Å²) in [6.07, 6.45) is 5.46. The van der Waals surface area contributed by atoms with Crippen LogP contribution in [0.4, 0.5) is 10.6 Å². The van der Waals surface area contributed by atoms with Gasteiger partial charge in [-0.2, -0.15) is 0 Å². The molecule has 4 heteroatoms. The Morgan fingerprint density at radius 2 is 2.46 bits per heavy atom. The van der Waals surface area contributed by atoms with Crippen molar-refractivity contribution in [2.45, 2.75) is 0 Å². The van der Waals surface area contributed by atoms with Crippen molar-refractivity contribution >= 4 is 17.9 Å². The van der Waals surface area contributed by atoms with E-state index in [0.717, 1.165) is 5.56 Å². The Morgan fingerprint density at radius 1 is 1.62 bits per heavy atom. The summed E-state index contributed by atoms with van der Waals surface area (Å²) in [4.78, 5) is 16.5. The number of primary amides is 1. The molecule has 66 valence electrons. The quantitative estimate of drug-likeness (QED) is 0.639. The van der Waals surface area contributed by atoms with E-state index in [0.29, 0.717) is 12.4 Å². The van der Waals surface area contributed by atoms with E-state index in [-0.39, 0.29) is 0 Å². The Labute approximate surface area is 75.7 Å². The highest BCUT2D eigenvalue weighted by Gasteiger charge is 2.17. The van der Waals surface area contributed by atoms with Gasteiger partial charge in [0.15, 0.2) is 0 Å². The molecule has 1 aliphatic heterocycles. The number of amides is 2. The van der Waals surface area contributed by atoms with Crippen molar-refractivity contribution in [2.75, 3.05) is 11.4 Å². The van der Waals surface area contributed by atoms with E-state index in [1.54, 1.807) is 6.20 Å². The number of hydrogen-bond acceptors (Lipinski definition) is 2. The standard InChI is InChI=1S/C9H9N3O/c10-9(13)12-6-2-4-7-3-1-5-11-8(7)12/h1-5H,6H2,(H2,10,13). The number of carbonyl (C=O) groups is 1. The molecule has 13 heavy (non-hydrogen) atoms. The molecule has 1 aromatic heterocycles. The summed E-state index contributed by atoms with van der Waals surface area (Å²) >= 11 is 0. The summed E-state index contributed by atoms with van der Waals surface area (Å²) in [5, 5.41) is 0. The van der Waals surface area contributed by atoms with E-state index in [2.05, 4.69) is 4.98 Å². The van der Waals surface area contributed by atoms with Crippen LogP contribution in [0.5, 0.6) is 0 Å². The zero-order valence-corrected chi connectivity index (χ0v) is 6.97. The maximum Gasteiger partial charge on any atom is 0.320 e. The molecule has 2 N–H and O–H groups in total. The molecule has 1 aromatic rings. The molecule has 1 aliphatic rings. The van der Waals surface area contributed by atoms with Crippen molar-refractivity contribution in [1.29, 1.82) is 0 Å². The van der Waals surface area contributed by atoms with Crippen molar-refractivity contribution in [1.82, 2.24) is 4.98 Å². The van der Waals surface area contributed by atoms with Crippen LogP contribution in [0.1, 0.15) is 5.56 Å². The molecule has 0 radical (unpaired) electrons. The fourth-order valence-corrected chi connectivity index (χ4v) is 1.33. The molecule has 4 nitrogen and oxygen atoms in total. The zero-order valence-electron chi connectivity index (χ0n) is 6.97. The number of carbonyl (C=O) groups excluding carboxylic acids is 1. The second kappa shape index (κ2) is 2.90. The molecule has 0 aliphatic carbocycles. The summed E-state index contributed by atoms with van der Waals surface area (Å²) < 4.78 is 0. The van der Waals surface area contributed by atoms with Crippen molar-refractivity contribution in [3.05, 3.63) is 30.0 Å². The molecule has 2 heterocycles. The van der Waals surface area contributed by atoms with Gasteiger partial charge in [-0.05, 0) is 12.1 Å². The van der Waals surface area contributed by atoms with Crippen LogP contribution < -0.4 is 10.6 Å². The number of fused-ring (bicyclic) bond motifs is 1. The average Bonchev–Trinajstić information content (AvgIpc) is 2.17. The zero-order chi connectivity index (χ0) is 9.26. The van der Waals surface area contributed by atoms with E-state index in [1.807, 2.05) is 24.3 Å². The molecule has 0 aromatic carbocycles. The second-order valence-corrected chi connectivity index (χ2v) is 2.77. The molecule has 0 unspecified atom stereocenters. The molecule has 0 saturated heterocycles. The third-order valence-corrected chi connectivity index (χ3v) is 1.92. The Kier molecular flexibility index (Phi) is 1.73. The normalized spacial score (nSPS) is 14.0. The Morgan fingerprint density at radius 3 is 3.23 bits per heavy atom. The fraction of sp³-hybridized carbons (Fsp3) is 0.111. The SMILES string of the molecule is NC(=O)N1CC=Cc2cccnc21. The molecule has 0 bridgehead atoms. The highest BCUT2D eigenvalue weighted by Crippen LogP contribution is 2.21. The lowest BCUT2D eigenvalue weighted by Gasteiger charge is -2.22. The minimum Gasteiger partial charge on any atom is -0.351 e. The molecule has 0 saturated carbocycles. The van der Waals surface area contributed by atoms with Gasteiger partial charge < -0.3 is 5.73 Å². The first-order chi connectivity index (χ1) is 6.29. The van der Waals surface area contributed by atoms with Gasteiger partial charge in [0.05, 0.1) is 0 Å². The van der Waals surface area contributed by atoms with Gasteiger partial charge in [0.1, 0.15) is 5.82 Å². The first kappa shape index (κ1) is 7.79. The molecular weight excluding hydrogens is 166 g/mol. The Bertz CT molecular complexity index is 373. The third-order valence-electron chi connectivity index (χ3n) is 1.92. The maximum atomic E-state index is 11.0. The number of anilines is 1. The van der Waals surface area contributed by atoms with Crippen LogP contribution in [0.2, 0.25) is 0 Å². The third kappa shape index (κ3) is 1.26. The van der Waals surface area contributed by atoms with Crippen molar-refractivity contribution < 1.29 is 4.79 Å². The minimum absolute atomic E-state index is 0.468. The molecular formula is C9H9N3O. The number of nitrogens with zero attached hydrogens (tertiary/aromatic N) is 2. The van der Waals surface area contributed by atoms with Crippen LogP contribution in [0.3, 0.4) is 0 Å². The summed E-state index contributed by atoms with van der Waals surface area (Å²) in [7, 11) is 0. The van der Waals surface area contributed by atoms with Gasteiger partial charge in [-0.1, -0.05) is 12.2 Å². The Balaban J connectivity index is 2.49. The lowest BCUT2D eigenvalue weighted by molar-refractivity contribution is 0.254. The topological polar surface area (TPSA) is 59.2 Å². The molecule has 0 fully saturated rings. The number of hydrogen-bond donors (Lipinski definition) is 1. The van der Waals surface area contributed by atoms with Gasteiger partial charge in [-0.25, -0.2) is 9.78 Å². The smallest absolute Gasteiger partial charge is 0.320 e. The monoisotopic (exact) mass is 175 g/mol. The van der Waals surface area contributed by atoms with E-state index >= 15 is 0 Å². The van der Waals surface area contributed by atoms with Gasteiger partial charge in [0.25, 0.3) is 0 Å². The van der Waals surface area contributed by atoms with Gasteiger partial charge in [-0.15, -0.1) is 0 Å². The molecule has 2 rings (SSSR count). The number of urea groups is 1. The van der Waals surface area contributed by atoms with E-state index in [9.17, 15) is 4.79 Å². The predicted octanol–water partition coefficient (Wildman–Crippen LogP) is 0.994. The summed E-state index contributed by atoms with van der Waals surface area (Å²) in [5.41, 5.74) is 6.12.